The molecule has 0 bridgehead atoms. The van der Waals surface area contributed by atoms with Gasteiger partial charge in [-0.05, 0) is 57.7 Å². The van der Waals surface area contributed by atoms with Crippen LogP contribution in [0, 0.1) is 5.82 Å². The highest BCUT2D eigenvalue weighted by Gasteiger charge is 2.24. The van der Waals surface area contributed by atoms with Gasteiger partial charge in [0.15, 0.2) is 11.6 Å². The molecular weight excluding hydrogens is 463 g/mol. The first kappa shape index (κ1) is 22.8. The molecule has 2 saturated heterocycles. The molecule has 1 atom stereocenters. The molecule has 2 aliphatic heterocycles. The summed E-state index contributed by atoms with van der Waals surface area (Å²) in [6.07, 6.45) is 4.31. The van der Waals surface area contributed by atoms with E-state index in [0.717, 1.165) is 65.2 Å². The van der Waals surface area contributed by atoms with Crippen molar-refractivity contribution in [3.63, 3.8) is 0 Å². The number of piperidine rings is 1. The molecule has 9 heteroatoms. The molecule has 35 heavy (non-hydrogen) atoms. The molecule has 3 aromatic heterocycles. The quantitative estimate of drug-likeness (QED) is 0.445. The van der Waals surface area contributed by atoms with E-state index in [2.05, 4.69) is 39.8 Å². The van der Waals surface area contributed by atoms with Gasteiger partial charge in [-0.1, -0.05) is 0 Å². The van der Waals surface area contributed by atoms with Crippen molar-refractivity contribution in [1.82, 2.24) is 24.8 Å². The number of halogens is 1. The molecule has 0 aliphatic carbocycles. The molecule has 2 aliphatic rings. The molecule has 1 aromatic carbocycles. The van der Waals surface area contributed by atoms with Gasteiger partial charge >= 0.3 is 0 Å². The zero-order valence-corrected chi connectivity index (χ0v) is 21.1. The van der Waals surface area contributed by atoms with Crippen LogP contribution in [0.5, 0.6) is 0 Å². The lowest BCUT2D eigenvalue weighted by molar-refractivity contribution is 0.122. The van der Waals surface area contributed by atoms with Gasteiger partial charge in [0.1, 0.15) is 5.82 Å². The first-order valence-corrected chi connectivity index (χ1v) is 13.2. The third kappa shape index (κ3) is 4.53. The fourth-order valence-corrected chi connectivity index (χ4v) is 6.44. The third-order valence-electron chi connectivity index (χ3n) is 7.18. The summed E-state index contributed by atoms with van der Waals surface area (Å²) >= 11 is 1.79. The third-order valence-corrected chi connectivity index (χ3v) is 8.29. The Morgan fingerprint density at radius 3 is 2.86 bits per heavy atom. The summed E-state index contributed by atoms with van der Waals surface area (Å²) in [6, 6.07) is 7.83. The number of nitrogens with zero attached hydrogens (tertiary/aromatic N) is 5. The lowest BCUT2D eigenvalue weighted by atomic mass is 10.0. The summed E-state index contributed by atoms with van der Waals surface area (Å²) in [5.74, 6) is 1.21. The van der Waals surface area contributed by atoms with Crippen LogP contribution in [0.3, 0.4) is 0 Å². The molecule has 0 radical (unpaired) electrons. The summed E-state index contributed by atoms with van der Waals surface area (Å²) < 4.78 is 21.2. The second-order valence-electron chi connectivity index (χ2n) is 9.78. The Kier molecular flexibility index (Phi) is 6.18. The second-order valence-corrected chi connectivity index (χ2v) is 10.9. The van der Waals surface area contributed by atoms with E-state index in [1.165, 1.54) is 23.8 Å². The monoisotopic (exact) mass is 494 g/mol. The Balaban J connectivity index is 1.41. The molecule has 1 N–H and O–H groups in total. The highest BCUT2D eigenvalue weighted by molar-refractivity contribution is 7.19. The van der Waals surface area contributed by atoms with E-state index in [4.69, 9.17) is 14.7 Å². The van der Waals surface area contributed by atoms with Crippen LogP contribution < -0.4 is 4.90 Å². The fourth-order valence-electron chi connectivity index (χ4n) is 5.29. The van der Waals surface area contributed by atoms with Crippen LogP contribution in [0.1, 0.15) is 17.7 Å². The molecule has 2 fully saturated rings. The maximum Gasteiger partial charge on any atom is 0.163 e. The summed E-state index contributed by atoms with van der Waals surface area (Å²) in [5.41, 5.74) is 2.41. The minimum Gasteiger partial charge on any atom is -0.378 e. The number of likely N-dealkylation sites (tertiary alicyclic amines) is 1. The maximum absolute atomic E-state index is 14.5. The van der Waals surface area contributed by atoms with Gasteiger partial charge in [0.25, 0.3) is 0 Å². The van der Waals surface area contributed by atoms with Crippen molar-refractivity contribution >= 4 is 38.3 Å². The SMILES string of the molecule is CN(C)C1CCCN(Cc2cc3nc(-c4cc(F)cc5[nH]ccc45)nc(N4CCOCC4)c3s2)C1. The number of likely N-dealkylation sites (N-methyl/N-ethyl adjacent to an activating group) is 1. The van der Waals surface area contributed by atoms with Crippen LogP contribution in [0.4, 0.5) is 10.2 Å². The highest BCUT2D eigenvalue weighted by atomic mass is 32.1. The van der Waals surface area contributed by atoms with Crippen LogP contribution in [0.15, 0.2) is 30.5 Å². The standard InChI is InChI=1S/C26H31FN6OS/c1-31(2)18-4-3-7-32(15-18)16-19-14-23-24(35-19)26(33-8-10-34-11-9-33)30-25(29-23)21-12-17(27)13-22-20(21)5-6-28-22/h5-6,12-14,18,28H,3-4,7-11,15-16H2,1-2H3. The van der Waals surface area contributed by atoms with Crippen molar-refractivity contribution < 1.29 is 9.13 Å². The summed E-state index contributed by atoms with van der Waals surface area (Å²) in [5, 5.41) is 0.928. The number of hydrogen-bond acceptors (Lipinski definition) is 7. The number of aromatic nitrogens is 3. The summed E-state index contributed by atoms with van der Waals surface area (Å²) in [6.45, 7) is 6.08. The number of thiophene rings is 1. The number of ether oxygens (including phenoxy) is 1. The topological polar surface area (TPSA) is 60.5 Å². The Labute approximate surface area is 208 Å². The Hall–Kier alpha value is -2.59. The van der Waals surface area contributed by atoms with Crippen molar-refractivity contribution in [3.05, 3.63) is 41.2 Å². The Morgan fingerprint density at radius 1 is 1.17 bits per heavy atom. The van der Waals surface area contributed by atoms with Crippen molar-refractivity contribution in [2.75, 3.05) is 58.4 Å². The second kappa shape index (κ2) is 9.46. The van der Waals surface area contributed by atoms with Gasteiger partial charge in [-0.15, -0.1) is 11.3 Å². The Morgan fingerprint density at radius 2 is 2.03 bits per heavy atom. The van der Waals surface area contributed by atoms with Gasteiger partial charge in [-0.25, -0.2) is 14.4 Å². The van der Waals surface area contributed by atoms with Crippen LogP contribution in [0.25, 0.3) is 32.5 Å². The van der Waals surface area contributed by atoms with E-state index in [9.17, 15) is 4.39 Å². The lowest BCUT2D eigenvalue weighted by Crippen LogP contribution is -2.44. The van der Waals surface area contributed by atoms with Gasteiger partial charge in [0.2, 0.25) is 0 Å². The predicted octanol–water partition coefficient (Wildman–Crippen LogP) is 4.34. The number of anilines is 1. The molecule has 0 saturated carbocycles. The molecule has 1 unspecified atom stereocenters. The van der Waals surface area contributed by atoms with E-state index < -0.39 is 0 Å². The lowest BCUT2D eigenvalue weighted by Gasteiger charge is -2.35. The fraction of sp³-hybridized carbons (Fsp3) is 0.462. The smallest absolute Gasteiger partial charge is 0.163 e. The molecule has 6 rings (SSSR count). The van der Waals surface area contributed by atoms with Crippen LogP contribution in [-0.2, 0) is 11.3 Å². The normalized spacial score (nSPS) is 19.9. The van der Waals surface area contributed by atoms with E-state index in [1.807, 2.05) is 12.3 Å². The highest BCUT2D eigenvalue weighted by Crippen LogP contribution is 2.37. The number of benzene rings is 1. The van der Waals surface area contributed by atoms with Crippen molar-refractivity contribution in [2.24, 2.45) is 0 Å². The molecule has 0 amide bonds. The molecule has 5 heterocycles. The van der Waals surface area contributed by atoms with Gasteiger partial charge < -0.3 is 19.5 Å². The molecule has 7 nitrogen and oxygen atoms in total. The number of nitrogens with one attached hydrogen (secondary N) is 1. The van der Waals surface area contributed by atoms with E-state index in [-0.39, 0.29) is 5.82 Å². The predicted molar refractivity (Wildman–Crippen MR) is 140 cm³/mol. The number of morpholine rings is 1. The minimum atomic E-state index is -0.293. The van der Waals surface area contributed by atoms with Gasteiger partial charge in [-0.3, -0.25) is 4.90 Å². The molecule has 0 spiro atoms. The van der Waals surface area contributed by atoms with Crippen LogP contribution in [0.2, 0.25) is 0 Å². The van der Waals surface area contributed by atoms with E-state index in [1.54, 1.807) is 17.4 Å². The van der Waals surface area contributed by atoms with Crippen LogP contribution >= 0.6 is 11.3 Å². The van der Waals surface area contributed by atoms with Crippen LogP contribution in [-0.4, -0.2) is 84.3 Å². The van der Waals surface area contributed by atoms with Crippen molar-refractivity contribution in [2.45, 2.75) is 25.4 Å². The number of fused-ring (bicyclic) bond motifs is 2. The minimum absolute atomic E-state index is 0.293. The zero-order chi connectivity index (χ0) is 23.9. The van der Waals surface area contributed by atoms with E-state index >= 15 is 0 Å². The number of aromatic amines is 1. The van der Waals surface area contributed by atoms with Gasteiger partial charge in [-0.2, -0.15) is 0 Å². The molecule has 184 valence electrons. The number of hydrogen-bond donors (Lipinski definition) is 1. The summed E-state index contributed by atoms with van der Waals surface area (Å²) in [4.78, 5) is 21.6. The van der Waals surface area contributed by atoms with Gasteiger partial charge in [0.05, 0.1) is 23.4 Å². The molecule has 4 aromatic rings. The first-order valence-electron chi connectivity index (χ1n) is 12.3. The summed E-state index contributed by atoms with van der Waals surface area (Å²) in [7, 11) is 4.35. The van der Waals surface area contributed by atoms with Crippen molar-refractivity contribution in [3.8, 4) is 11.4 Å². The average Bonchev–Trinajstić information content (AvgIpc) is 3.50. The number of H-pyrrole nitrogens is 1. The zero-order valence-electron chi connectivity index (χ0n) is 20.3. The first-order chi connectivity index (χ1) is 17.0. The molecular formula is C26H31FN6OS. The maximum atomic E-state index is 14.5. The number of rotatable bonds is 5. The van der Waals surface area contributed by atoms with E-state index in [0.29, 0.717) is 25.1 Å². The Bertz CT molecular complexity index is 1340. The largest absolute Gasteiger partial charge is 0.378 e. The average molecular weight is 495 g/mol. The van der Waals surface area contributed by atoms with Crippen molar-refractivity contribution in [1.29, 1.82) is 0 Å². The van der Waals surface area contributed by atoms with Gasteiger partial charge in [0, 0.05) is 59.8 Å².